The minimum Gasteiger partial charge on any atom is -0.347 e. The largest absolute Gasteiger partial charge is 0.347 e. The molecule has 0 aliphatic heterocycles. The molecule has 2 aromatic rings. The molecule has 2 nitrogen and oxygen atoms in total. The SMILES string of the molecule is Cc1cccc(C(=O)NCc2sccc2Br)c1Br. The molecule has 94 valence electrons. The number of thiophene rings is 1. The van der Waals surface area contributed by atoms with Gasteiger partial charge in [-0.15, -0.1) is 11.3 Å². The number of halogens is 2. The summed E-state index contributed by atoms with van der Waals surface area (Å²) in [5.41, 5.74) is 1.72. The number of hydrogen-bond donors (Lipinski definition) is 1. The number of benzene rings is 1. The van der Waals surface area contributed by atoms with Crippen molar-refractivity contribution in [3.05, 3.63) is 54.6 Å². The van der Waals surface area contributed by atoms with Crippen LogP contribution in [0, 0.1) is 6.92 Å². The van der Waals surface area contributed by atoms with Gasteiger partial charge < -0.3 is 5.32 Å². The summed E-state index contributed by atoms with van der Waals surface area (Å²) in [7, 11) is 0. The molecular weight excluding hydrogens is 378 g/mol. The quantitative estimate of drug-likeness (QED) is 0.823. The molecule has 0 bridgehead atoms. The van der Waals surface area contributed by atoms with Crippen LogP contribution in [0.1, 0.15) is 20.8 Å². The number of nitrogens with one attached hydrogen (secondary N) is 1. The van der Waals surface area contributed by atoms with Gasteiger partial charge in [0.2, 0.25) is 0 Å². The molecule has 1 N–H and O–H groups in total. The topological polar surface area (TPSA) is 29.1 Å². The van der Waals surface area contributed by atoms with E-state index in [0.29, 0.717) is 12.1 Å². The Kier molecular flexibility index (Phi) is 4.59. The molecule has 1 aromatic heterocycles. The number of carbonyl (C=O) groups excluding carboxylic acids is 1. The Bertz CT molecular complexity index is 580. The maximum atomic E-state index is 12.1. The second-order valence-corrected chi connectivity index (χ2v) is 6.46. The van der Waals surface area contributed by atoms with Crippen molar-refractivity contribution >= 4 is 49.1 Å². The zero-order valence-electron chi connectivity index (χ0n) is 9.67. The average Bonchev–Trinajstić information content (AvgIpc) is 2.75. The molecule has 0 spiro atoms. The molecule has 0 aliphatic rings. The van der Waals surface area contributed by atoms with Gasteiger partial charge in [-0.3, -0.25) is 4.79 Å². The van der Waals surface area contributed by atoms with E-state index in [1.807, 2.05) is 36.6 Å². The molecular formula is C13H11Br2NOS. The van der Waals surface area contributed by atoms with E-state index < -0.39 is 0 Å². The molecule has 0 aliphatic carbocycles. The summed E-state index contributed by atoms with van der Waals surface area (Å²) in [6.07, 6.45) is 0. The Morgan fingerprint density at radius 3 is 2.78 bits per heavy atom. The maximum Gasteiger partial charge on any atom is 0.252 e. The number of amides is 1. The van der Waals surface area contributed by atoms with Gasteiger partial charge in [-0.25, -0.2) is 0 Å². The second kappa shape index (κ2) is 5.99. The number of carbonyl (C=O) groups is 1. The van der Waals surface area contributed by atoms with Crippen LogP contribution < -0.4 is 5.32 Å². The Morgan fingerprint density at radius 1 is 1.33 bits per heavy atom. The molecule has 1 aromatic carbocycles. The first-order valence-corrected chi connectivity index (χ1v) is 7.81. The molecule has 0 saturated heterocycles. The van der Waals surface area contributed by atoms with Gasteiger partial charge in [0.05, 0.1) is 12.1 Å². The number of hydrogen-bond acceptors (Lipinski definition) is 2. The van der Waals surface area contributed by atoms with Crippen LogP contribution in [0.2, 0.25) is 0 Å². The molecule has 5 heteroatoms. The van der Waals surface area contributed by atoms with E-state index in [-0.39, 0.29) is 5.91 Å². The van der Waals surface area contributed by atoms with Crippen molar-refractivity contribution in [2.45, 2.75) is 13.5 Å². The summed E-state index contributed by atoms with van der Waals surface area (Å²) < 4.78 is 1.89. The molecule has 1 heterocycles. The van der Waals surface area contributed by atoms with Crippen LogP contribution in [0.25, 0.3) is 0 Å². The predicted molar refractivity (Wildman–Crippen MR) is 82.1 cm³/mol. The Morgan fingerprint density at radius 2 is 2.11 bits per heavy atom. The van der Waals surface area contributed by atoms with Crippen LogP contribution >= 0.6 is 43.2 Å². The van der Waals surface area contributed by atoms with E-state index in [1.54, 1.807) is 11.3 Å². The van der Waals surface area contributed by atoms with Crippen molar-refractivity contribution in [1.82, 2.24) is 5.32 Å². The van der Waals surface area contributed by atoms with Gasteiger partial charge in [0.25, 0.3) is 5.91 Å². The molecule has 18 heavy (non-hydrogen) atoms. The fourth-order valence-corrected chi connectivity index (χ4v) is 3.41. The van der Waals surface area contributed by atoms with Crippen LogP contribution in [0.3, 0.4) is 0 Å². The summed E-state index contributed by atoms with van der Waals surface area (Å²) in [5, 5.41) is 4.92. The fourth-order valence-electron chi connectivity index (χ4n) is 1.53. The lowest BCUT2D eigenvalue weighted by atomic mass is 10.1. The first-order chi connectivity index (χ1) is 8.59. The van der Waals surface area contributed by atoms with Crippen LogP contribution in [0.15, 0.2) is 38.6 Å². The summed E-state index contributed by atoms with van der Waals surface area (Å²) in [6.45, 7) is 2.51. The van der Waals surface area contributed by atoms with E-state index in [4.69, 9.17) is 0 Å². The molecule has 1 amide bonds. The van der Waals surface area contributed by atoms with Gasteiger partial charge >= 0.3 is 0 Å². The number of rotatable bonds is 3. The first kappa shape index (κ1) is 13.8. The van der Waals surface area contributed by atoms with Gasteiger partial charge in [0, 0.05) is 13.8 Å². The third-order valence-corrected chi connectivity index (χ3v) is 5.52. The first-order valence-electron chi connectivity index (χ1n) is 5.35. The lowest BCUT2D eigenvalue weighted by molar-refractivity contribution is 0.0950. The normalized spacial score (nSPS) is 10.4. The van der Waals surface area contributed by atoms with Crippen molar-refractivity contribution in [2.24, 2.45) is 0 Å². The van der Waals surface area contributed by atoms with Crippen molar-refractivity contribution in [3.63, 3.8) is 0 Å². The molecule has 2 rings (SSSR count). The average molecular weight is 389 g/mol. The Balaban J connectivity index is 2.09. The van der Waals surface area contributed by atoms with Crippen LogP contribution in [0.4, 0.5) is 0 Å². The van der Waals surface area contributed by atoms with Gasteiger partial charge in [-0.2, -0.15) is 0 Å². The highest BCUT2D eigenvalue weighted by Crippen LogP contribution is 2.23. The Labute approximate surface area is 127 Å². The highest BCUT2D eigenvalue weighted by atomic mass is 79.9. The molecule has 0 fully saturated rings. The number of aryl methyl sites for hydroxylation is 1. The van der Waals surface area contributed by atoms with E-state index >= 15 is 0 Å². The lowest BCUT2D eigenvalue weighted by Gasteiger charge is -2.08. The van der Waals surface area contributed by atoms with Gasteiger partial charge in [-0.1, -0.05) is 12.1 Å². The summed E-state index contributed by atoms with van der Waals surface area (Å²) in [4.78, 5) is 13.2. The lowest BCUT2D eigenvalue weighted by Crippen LogP contribution is -2.23. The van der Waals surface area contributed by atoms with Crippen LogP contribution in [-0.4, -0.2) is 5.91 Å². The monoisotopic (exact) mass is 387 g/mol. The predicted octanol–water partition coefficient (Wildman–Crippen LogP) is 4.51. The maximum absolute atomic E-state index is 12.1. The van der Waals surface area contributed by atoms with E-state index in [9.17, 15) is 4.79 Å². The van der Waals surface area contributed by atoms with Crippen molar-refractivity contribution in [1.29, 1.82) is 0 Å². The zero-order valence-corrected chi connectivity index (χ0v) is 13.7. The smallest absolute Gasteiger partial charge is 0.252 e. The molecule has 0 radical (unpaired) electrons. The molecule has 0 unspecified atom stereocenters. The van der Waals surface area contributed by atoms with E-state index in [1.165, 1.54) is 0 Å². The summed E-state index contributed by atoms with van der Waals surface area (Å²) >= 11 is 8.52. The standard InChI is InChI=1S/C13H11Br2NOS/c1-8-3-2-4-9(12(8)15)13(17)16-7-11-10(14)5-6-18-11/h2-6H,7H2,1H3,(H,16,17). The fraction of sp³-hybridized carbons (Fsp3) is 0.154. The van der Waals surface area contributed by atoms with E-state index in [0.717, 1.165) is 19.4 Å². The zero-order chi connectivity index (χ0) is 13.1. The van der Waals surface area contributed by atoms with Gasteiger partial charge in [0.1, 0.15) is 0 Å². The van der Waals surface area contributed by atoms with Crippen LogP contribution in [-0.2, 0) is 6.54 Å². The van der Waals surface area contributed by atoms with Crippen LogP contribution in [0.5, 0.6) is 0 Å². The van der Waals surface area contributed by atoms with Crippen molar-refractivity contribution < 1.29 is 4.79 Å². The third-order valence-electron chi connectivity index (χ3n) is 2.54. The molecule has 0 atom stereocenters. The summed E-state index contributed by atoms with van der Waals surface area (Å²) in [6, 6.07) is 7.65. The molecule has 0 saturated carbocycles. The highest BCUT2D eigenvalue weighted by molar-refractivity contribution is 9.11. The second-order valence-electron chi connectivity index (χ2n) is 3.81. The Hall–Kier alpha value is -0.650. The van der Waals surface area contributed by atoms with Crippen molar-refractivity contribution in [2.75, 3.05) is 0 Å². The van der Waals surface area contributed by atoms with Gasteiger partial charge in [-0.05, 0) is 61.9 Å². The summed E-state index contributed by atoms with van der Waals surface area (Å²) in [5.74, 6) is -0.0640. The minimum atomic E-state index is -0.0640. The van der Waals surface area contributed by atoms with Crippen molar-refractivity contribution in [3.8, 4) is 0 Å². The third kappa shape index (κ3) is 3.02. The minimum absolute atomic E-state index is 0.0640. The highest BCUT2D eigenvalue weighted by Gasteiger charge is 2.11. The van der Waals surface area contributed by atoms with E-state index in [2.05, 4.69) is 37.2 Å². The van der Waals surface area contributed by atoms with Gasteiger partial charge in [0.15, 0.2) is 0 Å².